The van der Waals surface area contributed by atoms with E-state index in [4.69, 9.17) is 0 Å². The third-order valence-electron chi connectivity index (χ3n) is 3.97. The molecule has 0 unspecified atom stereocenters. The van der Waals surface area contributed by atoms with Gasteiger partial charge in [-0.15, -0.1) is 0 Å². The Morgan fingerprint density at radius 3 is 2.60 bits per heavy atom. The van der Waals surface area contributed by atoms with Crippen LogP contribution < -0.4 is 0 Å². The van der Waals surface area contributed by atoms with Gasteiger partial charge < -0.3 is 0 Å². The van der Waals surface area contributed by atoms with Crippen LogP contribution in [0.5, 0.6) is 0 Å². The second kappa shape index (κ2) is 7.47. The second-order valence-corrected chi connectivity index (χ2v) is 8.68. The Labute approximate surface area is 152 Å². The van der Waals surface area contributed by atoms with Crippen molar-refractivity contribution in [3.8, 4) is 0 Å². The van der Waals surface area contributed by atoms with Crippen LogP contribution in [0.2, 0.25) is 0 Å². The molecule has 4 nitrogen and oxygen atoms in total. The molecule has 0 aliphatic heterocycles. The van der Waals surface area contributed by atoms with Crippen molar-refractivity contribution < 1.29 is 8.42 Å². The normalized spacial score (nSPS) is 11.8. The number of hydrogen-bond donors (Lipinski definition) is 0. The molecule has 0 aliphatic rings. The summed E-state index contributed by atoms with van der Waals surface area (Å²) < 4.78 is 28.2. The van der Waals surface area contributed by atoms with Crippen molar-refractivity contribution in [2.75, 3.05) is 0 Å². The monoisotopic (exact) mass is 372 g/mol. The molecule has 0 aliphatic carbocycles. The number of hydrogen-bond acceptors (Lipinski definition) is 4. The molecule has 0 spiro atoms. The molecule has 2 heterocycles. The number of pyridine rings is 1. The highest BCUT2D eigenvalue weighted by Crippen LogP contribution is 2.25. The molecular formula is C19H20N2O2S2. The second-order valence-electron chi connectivity index (χ2n) is 5.99. The number of rotatable bonds is 6. The molecule has 0 saturated carbocycles. The molecule has 0 saturated heterocycles. The highest BCUT2D eigenvalue weighted by molar-refractivity contribution is 7.89. The van der Waals surface area contributed by atoms with Crippen LogP contribution in [0.25, 0.3) is 0 Å². The zero-order valence-electron chi connectivity index (χ0n) is 14.2. The van der Waals surface area contributed by atoms with Gasteiger partial charge in [0.1, 0.15) is 0 Å². The number of thiophene rings is 1. The van der Waals surface area contributed by atoms with Crippen LogP contribution >= 0.6 is 11.3 Å². The van der Waals surface area contributed by atoms with Crippen LogP contribution in [0.1, 0.15) is 22.4 Å². The lowest BCUT2D eigenvalue weighted by Gasteiger charge is -2.23. The van der Waals surface area contributed by atoms with E-state index in [1.54, 1.807) is 23.6 Å². The van der Waals surface area contributed by atoms with Crippen LogP contribution in [-0.4, -0.2) is 17.7 Å². The van der Waals surface area contributed by atoms with Crippen LogP contribution in [0, 0.1) is 13.8 Å². The first-order valence-corrected chi connectivity index (χ1v) is 10.3. The van der Waals surface area contributed by atoms with Crippen LogP contribution in [0.15, 0.2) is 64.3 Å². The maximum atomic E-state index is 13.3. The van der Waals surface area contributed by atoms with Crippen molar-refractivity contribution in [3.05, 3.63) is 81.8 Å². The van der Waals surface area contributed by atoms with E-state index >= 15 is 0 Å². The van der Waals surface area contributed by atoms with E-state index in [-0.39, 0.29) is 6.54 Å². The smallest absolute Gasteiger partial charge is 0.244 e. The highest BCUT2D eigenvalue weighted by atomic mass is 32.2. The largest absolute Gasteiger partial charge is 0.260 e. The van der Waals surface area contributed by atoms with Crippen molar-refractivity contribution in [2.24, 2.45) is 0 Å². The van der Waals surface area contributed by atoms with Crippen molar-refractivity contribution >= 4 is 21.4 Å². The Balaban J connectivity index is 2.01. The third kappa shape index (κ3) is 4.15. The summed E-state index contributed by atoms with van der Waals surface area (Å²) in [6.45, 7) is 4.30. The first-order chi connectivity index (χ1) is 12.0. The van der Waals surface area contributed by atoms with E-state index in [1.165, 1.54) is 4.31 Å². The maximum absolute atomic E-state index is 13.3. The maximum Gasteiger partial charge on any atom is 0.244 e. The van der Waals surface area contributed by atoms with Gasteiger partial charge in [0.25, 0.3) is 0 Å². The zero-order valence-corrected chi connectivity index (χ0v) is 15.8. The molecule has 2 aromatic heterocycles. The molecular weight excluding hydrogens is 352 g/mol. The predicted octanol–water partition coefficient (Wildman–Crippen LogP) is 4.15. The fourth-order valence-electron chi connectivity index (χ4n) is 2.61. The Kier molecular flexibility index (Phi) is 5.32. The Bertz CT molecular complexity index is 937. The Morgan fingerprint density at radius 2 is 1.92 bits per heavy atom. The highest BCUT2D eigenvalue weighted by Gasteiger charge is 2.27. The minimum absolute atomic E-state index is 0.242. The topological polar surface area (TPSA) is 50.3 Å². The van der Waals surface area contributed by atoms with Gasteiger partial charge in [-0.3, -0.25) is 4.98 Å². The molecule has 1 aromatic carbocycles. The minimum Gasteiger partial charge on any atom is -0.260 e. The third-order valence-corrected chi connectivity index (χ3v) is 6.63. The standard InChI is InChI=1S/C19H20N2O2S2/c1-15-6-7-16(2)19(11-15)25(22,23)21(12-17-8-10-24-14-17)13-18-5-3-4-9-20-18/h3-11,14H,12-13H2,1-2H3. The fraction of sp³-hybridized carbons (Fsp3) is 0.211. The average Bonchev–Trinajstić information content (AvgIpc) is 3.10. The van der Waals surface area contributed by atoms with Crippen LogP contribution in [0.4, 0.5) is 0 Å². The average molecular weight is 373 g/mol. The van der Waals surface area contributed by atoms with Gasteiger partial charge in [0.15, 0.2) is 0 Å². The molecule has 0 atom stereocenters. The Hall–Kier alpha value is -2.02. The summed E-state index contributed by atoms with van der Waals surface area (Å²) in [5, 5.41) is 3.93. The summed E-state index contributed by atoms with van der Waals surface area (Å²) >= 11 is 1.56. The van der Waals surface area contributed by atoms with E-state index < -0.39 is 10.0 Å². The lowest BCUT2D eigenvalue weighted by Crippen LogP contribution is -2.31. The zero-order chi connectivity index (χ0) is 17.9. The van der Waals surface area contributed by atoms with Crippen molar-refractivity contribution in [3.63, 3.8) is 0 Å². The molecule has 0 bridgehead atoms. The van der Waals surface area contributed by atoms with E-state index in [2.05, 4.69) is 4.98 Å². The van der Waals surface area contributed by atoms with Gasteiger partial charge in [0.05, 0.1) is 17.1 Å². The summed E-state index contributed by atoms with van der Waals surface area (Å²) in [6, 6.07) is 13.0. The van der Waals surface area contributed by atoms with Gasteiger partial charge in [0, 0.05) is 12.7 Å². The molecule has 3 rings (SSSR count). The number of aryl methyl sites for hydroxylation is 2. The lowest BCUT2D eigenvalue weighted by molar-refractivity contribution is 0.397. The fourth-order valence-corrected chi connectivity index (χ4v) is 4.98. The Morgan fingerprint density at radius 1 is 1.08 bits per heavy atom. The first-order valence-electron chi connectivity index (χ1n) is 7.95. The molecule has 0 amide bonds. The molecule has 0 N–H and O–H groups in total. The predicted molar refractivity (Wildman–Crippen MR) is 101 cm³/mol. The number of nitrogens with zero attached hydrogens (tertiary/aromatic N) is 2. The lowest BCUT2D eigenvalue weighted by atomic mass is 10.2. The van der Waals surface area contributed by atoms with Gasteiger partial charge in [-0.25, -0.2) is 8.42 Å². The van der Waals surface area contributed by atoms with Crippen LogP contribution in [-0.2, 0) is 23.1 Å². The van der Waals surface area contributed by atoms with Gasteiger partial charge in [0.2, 0.25) is 10.0 Å². The van der Waals surface area contributed by atoms with Crippen molar-refractivity contribution in [1.29, 1.82) is 0 Å². The minimum atomic E-state index is -3.63. The number of sulfonamides is 1. The molecule has 0 fully saturated rings. The number of aromatic nitrogens is 1. The summed E-state index contributed by atoms with van der Waals surface area (Å²) in [5.74, 6) is 0. The van der Waals surface area contributed by atoms with Gasteiger partial charge in [-0.05, 0) is 65.6 Å². The SMILES string of the molecule is Cc1ccc(C)c(S(=O)(=O)N(Cc2ccsc2)Cc2ccccn2)c1. The summed E-state index contributed by atoms with van der Waals surface area (Å²) in [6.07, 6.45) is 1.68. The van der Waals surface area contributed by atoms with Gasteiger partial charge in [-0.2, -0.15) is 15.6 Å². The molecule has 6 heteroatoms. The van der Waals surface area contributed by atoms with Crippen molar-refractivity contribution in [1.82, 2.24) is 9.29 Å². The molecule has 3 aromatic rings. The van der Waals surface area contributed by atoms with Crippen molar-refractivity contribution in [2.45, 2.75) is 31.8 Å². The summed E-state index contributed by atoms with van der Waals surface area (Å²) in [5.41, 5.74) is 3.39. The van der Waals surface area contributed by atoms with E-state index in [9.17, 15) is 8.42 Å². The number of benzene rings is 1. The van der Waals surface area contributed by atoms with E-state index in [0.717, 1.165) is 22.4 Å². The van der Waals surface area contributed by atoms with E-state index in [1.807, 2.05) is 61.0 Å². The van der Waals surface area contributed by atoms with E-state index in [0.29, 0.717) is 11.4 Å². The van der Waals surface area contributed by atoms with Gasteiger partial charge in [-0.1, -0.05) is 18.2 Å². The molecule has 0 radical (unpaired) electrons. The summed E-state index contributed by atoms with van der Waals surface area (Å²) in [4.78, 5) is 4.65. The molecule has 25 heavy (non-hydrogen) atoms. The van der Waals surface area contributed by atoms with Crippen LogP contribution in [0.3, 0.4) is 0 Å². The molecule has 130 valence electrons. The van der Waals surface area contributed by atoms with Gasteiger partial charge >= 0.3 is 0 Å². The quantitative estimate of drug-likeness (QED) is 0.653. The first kappa shape index (κ1) is 17.8. The summed E-state index contributed by atoms with van der Waals surface area (Å²) in [7, 11) is -3.63.